The summed E-state index contributed by atoms with van der Waals surface area (Å²) in [6.07, 6.45) is 1.10. The van der Waals surface area contributed by atoms with Crippen molar-refractivity contribution in [1.82, 2.24) is 9.80 Å². The van der Waals surface area contributed by atoms with E-state index in [9.17, 15) is 9.59 Å². The van der Waals surface area contributed by atoms with Gasteiger partial charge in [-0.15, -0.1) is 11.3 Å². The number of likely N-dealkylation sites (tertiary alicyclic amines) is 1. The first-order chi connectivity index (χ1) is 10.2. The van der Waals surface area contributed by atoms with Gasteiger partial charge in [-0.05, 0) is 17.9 Å². The first-order valence-electron chi connectivity index (χ1n) is 7.34. The van der Waals surface area contributed by atoms with E-state index in [-0.39, 0.29) is 23.8 Å². The van der Waals surface area contributed by atoms with Crippen molar-refractivity contribution in [2.24, 2.45) is 5.92 Å². The third-order valence-electron chi connectivity index (χ3n) is 4.34. The molecule has 0 saturated carbocycles. The maximum Gasteiger partial charge on any atom is 0.228 e. The minimum atomic E-state index is -0.135. The number of rotatable bonds is 2. The molecule has 0 radical (unpaired) electrons. The normalized spacial score (nSPS) is 27.0. The summed E-state index contributed by atoms with van der Waals surface area (Å²) in [5, 5.41) is 2.00. The standard InChI is InChI=1S/C15H20N2O3S/c1-16-13(18)5-4-11(14(16)12-3-2-10-21-12)15(19)17-6-8-20-9-7-17/h2-3,10-11,14H,4-9H2,1H3. The Bertz CT molecular complexity index is 511. The lowest BCUT2D eigenvalue weighted by molar-refractivity contribution is -0.149. The Hall–Kier alpha value is -1.40. The monoisotopic (exact) mass is 308 g/mol. The fourth-order valence-corrected chi connectivity index (χ4v) is 4.10. The molecule has 1 aromatic rings. The fourth-order valence-electron chi connectivity index (χ4n) is 3.16. The first-order valence-corrected chi connectivity index (χ1v) is 8.22. The number of hydrogen-bond acceptors (Lipinski definition) is 4. The summed E-state index contributed by atoms with van der Waals surface area (Å²) >= 11 is 1.61. The molecule has 3 rings (SSSR count). The van der Waals surface area contributed by atoms with E-state index in [0.29, 0.717) is 39.1 Å². The molecule has 0 spiro atoms. The Morgan fingerprint density at radius 3 is 2.81 bits per heavy atom. The molecule has 0 aromatic carbocycles. The van der Waals surface area contributed by atoms with Crippen LogP contribution in [0.4, 0.5) is 0 Å². The minimum Gasteiger partial charge on any atom is -0.378 e. The highest BCUT2D eigenvalue weighted by atomic mass is 32.1. The van der Waals surface area contributed by atoms with Crippen molar-refractivity contribution in [2.45, 2.75) is 18.9 Å². The second-order valence-electron chi connectivity index (χ2n) is 5.55. The summed E-state index contributed by atoms with van der Waals surface area (Å²) in [5.41, 5.74) is 0. The molecular weight excluding hydrogens is 288 g/mol. The van der Waals surface area contributed by atoms with Gasteiger partial charge in [-0.3, -0.25) is 9.59 Å². The van der Waals surface area contributed by atoms with E-state index < -0.39 is 0 Å². The molecule has 21 heavy (non-hydrogen) atoms. The maximum absolute atomic E-state index is 12.8. The topological polar surface area (TPSA) is 49.9 Å². The molecule has 2 amide bonds. The van der Waals surface area contributed by atoms with Gasteiger partial charge in [-0.25, -0.2) is 0 Å². The van der Waals surface area contributed by atoms with Crippen LogP contribution in [0.2, 0.25) is 0 Å². The molecule has 0 bridgehead atoms. The molecule has 6 heteroatoms. The summed E-state index contributed by atoms with van der Waals surface area (Å²) in [6.45, 7) is 2.53. The van der Waals surface area contributed by atoms with Crippen molar-refractivity contribution in [2.75, 3.05) is 33.4 Å². The van der Waals surface area contributed by atoms with Gasteiger partial charge in [0.05, 0.1) is 25.2 Å². The smallest absolute Gasteiger partial charge is 0.228 e. The summed E-state index contributed by atoms with van der Waals surface area (Å²) in [7, 11) is 1.81. The third kappa shape index (κ3) is 2.82. The SMILES string of the molecule is CN1C(=O)CCC(C(=O)N2CCOCC2)C1c1cccs1. The van der Waals surface area contributed by atoms with Gasteiger partial charge in [-0.1, -0.05) is 6.07 Å². The molecular formula is C15H20N2O3S. The lowest BCUT2D eigenvalue weighted by Gasteiger charge is -2.40. The van der Waals surface area contributed by atoms with Gasteiger partial charge in [0.1, 0.15) is 0 Å². The second-order valence-corrected chi connectivity index (χ2v) is 6.53. The highest BCUT2D eigenvalue weighted by molar-refractivity contribution is 7.10. The van der Waals surface area contributed by atoms with Gasteiger partial charge < -0.3 is 14.5 Å². The Kier molecular flexibility index (Phi) is 4.26. The van der Waals surface area contributed by atoms with E-state index in [2.05, 4.69) is 0 Å². The van der Waals surface area contributed by atoms with Crippen LogP contribution >= 0.6 is 11.3 Å². The van der Waals surface area contributed by atoms with Crippen LogP contribution in [-0.2, 0) is 14.3 Å². The van der Waals surface area contributed by atoms with Crippen LogP contribution in [0.3, 0.4) is 0 Å². The van der Waals surface area contributed by atoms with Crippen LogP contribution in [-0.4, -0.2) is 55.0 Å². The molecule has 2 saturated heterocycles. The maximum atomic E-state index is 12.8. The lowest BCUT2D eigenvalue weighted by Crippen LogP contribution is -2.50. The predicted molar refractivity (Wildman–Crippen MR) is 80.0 cm³/mol. The molecule has 2 fully saturated rings. The van der Waals surface area contributed by atoms with Gasteiger partial charge in [0.2, 0.25) is 11.8 Å². The second kappa shape index (κ2) is 6.15. The zero-order chi connectivity index (χ0) is 14.8. The largest absolute Gasteiger partial charge is 0.378 e. The number of ether oxygens (including phenoxy) is 1. The van der Waals surface area contributed by atoms with Crippen molar-refractivity contribution < 1.29 is 14.3 Å². The van der Waals surface area contributed by atoms with Crippen molar-refractivity contribution in [1.29, 1.82) is 0 Å². The number of morpholine rings is 1. The number of amides is 2. The first kappa shape index (κ1) is 14.5. The molecule has 2 unspecified atom stereocenters. The van der Waals surface area contributed by atoms with Crippen molar-refractivity contribution >= 4 is 23.2 Å². The number of carbonyl (C=O) groups excluding carboxylic acids is 2. The summed E-state index contributed by atoms with van der Waals surface area (Å²) in [5.74, 6) is 0.153. The number of nitrogens with zero attached hydrogens (tertiary/aromatic N) is 2. The number of piperidine rings is 1. The fraction of sp³-hybridized carbons (Fsp3) is 0.600. The average molecular weight is 308 g/mol. The minimum absolute atomic E-state index is 0.124. The molecule has 3 heterocycles. The van der Waals surface area contributed by atoms with Crippen LogP contribution in [0, 0.1) is 5.92 Å². The van der Waals surface area contributed by atoms with E-state index in [1.165, 1.54) is 0 Å². The molecule has 0 aliphatic carbocycles. The summed E-state index contributed by atoms with van der Waals surface area (Å²) in [4.78, 5) is 29.6. The van der Waals surface area contributed by atoms with Gasteiger partial charge in [0, 0.05) is 31.4 Å². The average Bonchev–Trinajstić information content (AvgIpc) is 3.04. The molecule has 1 aromatic heterocycles. The highest BCUT2D eigenvalue weighted by Gasteiger charge is 2.41. The molecule has 2 aliphatic rings. The van der Waals surface area contributed by atoms with Crippen molar-refractivity contribution in [3.63, 3.8) is 0 Å². The quantitative estimate of drug-likeness (QED) is 0.832. The Balaban J connectivity index is 1.84. The van der Waals surface area contributed by atoms with E-state index in [4.69, 9.17) is 4.74 Å². The van der Waals surface area contributed by atoms with Crippen LogP contribution < -0.4 is 0 Å². The zero-order valence-electron chi connectivity index (χ0n) is 12.2. The Morgan fingerprint density at radius 1 is 1.38 bits per heavy atom. The van der Waals surface area contributed by atoms with Crippen LogP contribution in [0.1, 0.15) is 23.8 Å². The number of hydrogen-bond donors (Lipinski definition) is 0. The highest BCUT2D eigenvalue weighted by Crippen LogP contribution is 2.38. The molecule has 5 nitrogen and oxygen atoms in total. The van der Waals surface area contributed by atoms with E-state index in [0.717, 1.165) is 4.88 Å². The van der Waals surface area contributed by atoms with Crippen LogP contribution in [0.15, 0.2) is 17.5 Å². The molecule has 2 atom stereocenters. The molecule has 114 valence electrons. The Labute approximate surface area is 128 Å². The van der Waals surface area contributed by atoms with Crippen molar-refractivity contribution in [3.05, 3.63) is 22.4 Å². The van der Waals surface area contributed by atoms with Crippen LogP contribution in [0.25, 0.3) is 0 Å². The number of thiophene rings is 1. The third-order valence-corrected chi connectivity index (χ3v) is 5.28. The van der Waals surface area contributed by atoms with E-state index >= 15 is 0 Å². The Morgan fingerprint density at radius 2 is 2.14 bits per heavy atom. The lowest BCUT2D eigenvalue weighted by atomic mass is 9.86. The van der Waals surface area contributed by atoms with E-state index in [1.807, 2.05) is 29.5 Å². The van der Waals surface area contributed by atoms with Gasteiger partial charge in [-0.2, -0.15) is 0 Å². The molecule has 0 N–H and O–H groups in total. The van der Waals surface area contributed by atoms with E-state index in [1.54, 1.807) is 16.2 Å². The van der Waals surface area contributed by atoms with Crippen molar-refractivity contribution in [3.8, 4) is 0 Å². The summed E-state index contributed by atoms with van der Waals surface area (Å²) < 4.78 is 5.32. The molecule has 2 aliphatic heterocycles. The van der Waals surface area contributed by atoms with Crippen LogP contribution in [0.5, 0.6) is 0 Å². The zero-order valence-corrected chi connectivity index (χ0v) is 13.0. The predicted octanol–water partition coefficient (Wildman–Crippen LogP) is 1.52. The van der Waals surface area contributed by atoms with Gasteiger partial charge in [0.25, 0.3) is 0 Å². The van der Waals surface area contributed by atoms with Gasteiger partial charge in [0.15, 0.2) is 0 Å². The van der Waals surface area contributed by atoms with Gasteiger partial charge >= 0.3 is 0 Å². The summed E-state index contributed by atoms with van der Waals surface area (Å²) in [6, 6.07) is 3.87. The number of carbonyl (C=O) groups is 2.